The molecule has 0 bridgehead atoms. The van der Waals surface area contributed by atoms with Gasteiger partial charge in [0.05, 0.1) is 6.10 Å². The average Bonchev–Trinajstić information content (AvgIpc) is 2.33. The zero-order chi connectivity index (χ0) is 11.4. The molecule has 1 atom stereocenters. The van der Waals surface area contributed by atoms with E-state index in [0.717, 1.165) is 15.7 Å². The van der Waals surface area contributed by atoms with Crippen molar-refractivity contribution in [3.8, 4) is 0 Å². The molecule has 1 N–H and O–H groups in total. The number of nitrogens with zero attached hydrogens (tertiary/aromatic N) is 1. The number of hydrogen-bond acceptors (Lipinski definition) is 2. The van der Waals surface area contributed by atoms with Gasteiger partial charge in [0, 0.05) is 22.8 Å². The first-order valence-electron chi connectivity index (χ1n) is 5.09. The number of benzene rings is 1. The van der Waals surface area contributed by atoms with E-state index in [1.807, 2.05) is 42.5 Å². The monoisotopic (exact) mass is 277 g/mol. The summed E-state index contributed by atoms with van der Waals surface area (Å²) in [5.74, 6) is 0. The molecule has 1 heterocycles. The smallest absolute Gasteiger partial charge is 0.0845 e. The van der Waals surface area contributed by atoms with Crippen molar-refractivity contribution in [2.24, 2.45) is 0 Å². The third kappa shape index (κ3) is 2.90. The lowest BCUT2D eigenvalue weighted by Crippen LogP contribution is -2.02. The van der Waals surface area contributed by atoms with Crippen LogP contribution in [0.15, 0.2) is 53.1 Å². The van der Waals surface area contributed by atoms with Crippen LogP contribution in [0.2, 0.25) is 0 Å². The summed E-state index contributed by atoms with van der Waals surface area (Å²) >= 11 is 3.33. The number of aromatic nitrogens is 1. The van der Waals surface area contributed by atoms with Crippen LogP contribution in [0, 0.1) is 0 Å². The SMILES string of the molecule is OC(Cc1ccc(Br)cn1)c1ccccc1. The number of aliphatic hydroxyl groups is 1. The number of halogens is 1. The van der Waals surface area contributed by atoms with Crippen LogP contribution in [0.5, 0.6) is 0 Å². The van der Waals surface area contributed by atoms with Crippen molar-refractivity contribution in [3.05, 3.63) is 64.4 Å². The Bertz CT molecular complexity index is 441. The van der Waals surface area contributed by atoms with Gasteiger partial charge in [-0.1, -0.05) is 30.3 Å². The lowest BCUT2D eigenvalue weighted by molar-refractivity contribution is 0.177. The second-order valence-electron chi connectivity index (χ2n) is 3.60. The number of aliphatic hydroxyl groups excluding tert-OH is 1. The lowest BCUT2D eigenvalue weighted by Gasteiger charge is -2.10. The number of pyridine rings is 1. The predicted molar refractivity (Wildman–Crippen MR) is 67.0 cm³/mol. The molecule has 16 heavy (non-hydrogen) atoms. The summed E-state index contributed by atoms with van der Waals surface area (Å²) in [6.07, 6.45) is 1.79. The Labute approximate surface area is 103 Å². The second kappa shape index (κ2) is 5.23. The van der Waals surface area contributed by atoms with Crippen LogP contribution in [0.25, 0.3) is 0 Å². The topological polar surface area (TPSA) is 33.1 Å². The first-order chi connectivity index (χ1) is 7.75. The van der Waals surface area contributed by atoms with Gasteiger partial charge in [-0.25, -0.2) is 0 Å². The highest BCUT2D eigenvalue weighted by Gasteiger charge is 2.08. The maximum absolute atomic E-state index is 9.99. The Balaban J connectivity index is 2.08. The molecule has 0 saturated carbocycles. The molecule has 0 fully saturated rings. The van der Waals surface area contributed by atoms with Crippen molar-refractivity contribution >= 4 is 15.9 Å². The molecule has 0 spiro atoms. The molecule has 1 aromatic heterocycles. The van der Waals surface area contributed by atoms with Gasteiger partial charge in [0.15, 0.2) is 0 Å². The van der Waals surface area contributed by atoms with Gasteiger partial charge >= 0.3 is 0 Å². The molecule has 0 amide bonds. The minimum absolute atomic E-state index is 0.491. The molecule has 0 radical (unpaired) electrons. The van der Waals surface area contributed by atoms with Gasteiger partial charge in [0.1, 0.15) is 0 Å². The standard InChI is InChI=1S/C13H12BrNO/c14-11-6-7-12(15-9-11)8-13(16)10-4-2-1-3-5-10/h1-7,9,13,16H,8H2. The normalized spacial score (nSPS) is 12.4. The van der Waals surface area contributed by atoms with Gasteiger partial charge in [-0.3, -0.25) is 4.98 Å². The first-order valence-corrected chi connectivity index (χ1v) is 5.88. The van der Waals surface area contributed by atoms with Crippen molar-refractivity contribution in [2.45, 2.75) is 12.5 Å². The van der Waals surface area contributed by atoms with Crippen LogP contribution in [-0.4, -0.2) is 10.1 Å². The predicted octanol–water partition coefficient (Wildman–Crippen LogP) is 3.12. The van der Waals surface area contributed by atoms with Crippen LogP contribution in [-0.2, 0) is 6.42 Å². The molecule has 3 heteroatoms. The second-order valence-corrected chi connectivity index (χ2v) is 4.51. The summed E-state index contributed by atoms with van der Waals surface area (Å²) in [5.41, 5.74) is 1.81. The fourth-order valence-corrected chi connectivity index (χ4v) is 1.75. The quantitative estimate of drug-likeness (QED) is 0.935. The summed E-state index contributed by atoms with van der Waals surface area (Å²) in [7, 11) is 0. The highest BCUT2D eigenvalue weighted by molar-refractivity contribution is 9.10. The molecule has 2 rings (SSSR count). The van der Waals surface area contributed by atoms with Crippen molar-refractivity contribution in [1.82, 2.24) is 4.98 Å². The Morgan fingerprint density at radius 3 is 2.50 bits per heavy atom. The van der Waals surface area contributed by atoms with E-state index in [4.69, 9.17) is 0 Å². The summed E-state index contributed by atoms with van der Waals surface area (Å²) < 4.78 is 0.949. The van der Waals surface area contributed by atoms with E-state index in [0.29, 0.717) is 6.42 Å². The molecule has 0 aliphatic rings. The van der Waals surface area contributed by atoms with Crippen LogP contribution in [0.4, 0.5) is 0 Å². The minimum atomic E-state index is -0.491. The van der Waals surface area contributed by atoms with E-state index in [-0.39, 0.29) is 0 Å². The molecule has 1 unspecified atom stereocenters. The maximum Gasteiger partial charge on any atom is 0.0845 e. The Morgan fingerprint density at radius 1 is 1.12 bits per heavy atom. The summed E-state index contributed by atoms with van der Waals surface area (Å²) in [5, 5.41) is 9.99. The summed E-state index contributed by atoms with van der Waals surface area (Å²) in [6, 6.07) is 13.5. The van der Waals surface area contributed by atoms with Gasteiger partial charge < -0.3 is 5.11 Å². The maximum atomic E-state index is 9.99. The van der Waals surface area contributed by atoms with Crippen LogP contribution < -0.4 is 0 Å². The third-order valence-electron chi connectivity index (χ3n) is 2.38. The van der Waals surface area contributed by atoms with E-state index < -0.39 is 6.10 Å². The van der Waals surface area contributed by atoms with E-state index in [1.165, 1.54) is 0 Å². The Morgan fingerprint density at radius 2 is 1.88 bits per heavy atom. The van der Waals surface area contributed by atoms with E-state index in [1.54, 1.807) is 6.20 Å². The van der Waals surface area contributed by atoms with Crippen molar-refractivity contribution in [1.29, 1.82) is 0 Å². The molecule has 0 aliphatic carbocycles. The van der Waals surface area contributed by atoms with Crippen molar-refractivity contribution in [3.63, 3.8) is 0 Å². The van der Waals surface area contributed by atoms with E-state index in [2.05, 4.69) is 20.9 Å². The summed E-state index contributed by atoms with van der Waals surface area (Å²) in [4.78, 5) is 4.24. The zero-order valence-corrected chi connectivity index (χ0v) is 10.3. The van der Waals surface area contributed by atoms with Gasteiger partial charge in [-0.2, -0.15) is 0 Å². The Hall–Kier alpha value is -1.19. The van der Waals surface area contributed by atoms with E-state index >= 15 is 0 Å². The molecule has 2 nitrogen and oxygen atoms in total. The fraction of sp³-hybridized carbons (Fsp3) is 0.154. The molecular formula is C13H12BrNO. The average molecular weight is 278 g/mol. The molecule has 2 aromatic rings. The lowest BCUT2D eigenvalue weighted by atomic mass is 10.0. The first kappa shape index (κ1) is 11.3. The highest BCUT2D eigenvalue weighted by Crippen LogP contribution is 2.17. The zero-order valence-electron chi connectivity index (χ0n) is 8.68. The van der Waals surface area contributed by atoms with Gasteiger partial charge in [0.2, 0.25) is 0 Å². The number of rotatable bonds is 3. The largest absolute Gasteiger partial charge is 0.388 e. The van der Waals surface area contributed by atoms with Crippen LogP contribution in [0.1, 0.15) is 17.4 Å². The number of hydrogen-bond donors (Lipinski definition) is 1. The molecule has 0 aliphatic heterocycles. The van der Waals surface area contributed by atoms with Gasteiger partial charge in [-0.15, -0.1) is 0 Å². The molecule has 1 aromatic carbocycles. The van der Waals surface area contributed by atoms with Crippen LogP contribution >= 0.6 is 15.9 Å². The molecular weight excluding hydrogens is 266 g/mol. The van der Waals surface area contributed by atoms with Crippen LogP contribution in [0.3, 0.4) is 0 Å². The van der Waals surface area contributed by atoms with Crippen molar-refractivity contribution < 1.29 is 5.11 Å². The fourth-order valence-electron chi connectivity index (χ4n) is 1.52. The highest BCUT2D eigenvalue weighted by atomic mass is 79.9. The summed E-state index contributed by atoms with van der Waals surface area (Å²) in [6.45, 7) is 0. The van der Waals surface area contributed by atoms with Crippen molar-refractivity contribution in [2.75, 3.05) is 0 Å². The molecule has 0 saturated heterocycles. The van der Waals surface area contributed by atoms with Gasteiger partial charge in [-0.05, 0) is 33.6 Å². The molecule has 82 valence electrons. The van der Waals surface area contributed by atoms with Gasteiger partial charge in [0.25, 0.3) is 0 Å². The minimum Gasteiger partial charge on any atom is -0.388 e. The Kier molecular flexibility index (Phi) is 3.70. The van der Waals surface area contributed by atoms with E-state index in [9.17, 15) is 5.11 Å². The third-order valence-corrected chi connectivity index (χ3v) is 2.84.